The minimum absolute atomic E-state index is 0.0267. The van der Waals surface area contributed by atoms with Crippen molar-refractivity contribution >= 4 is 11.9 Å². The second-order valence-corrected chi connectivity index (χ2v) is 9.94. The number of hydrogen-bond donors (Lipinski definition) is 4. The highest BCUT2D eigenvalue weighted by atomic mass is 16.8. The summed E-state index contributed by atoms with van der Waals surface area (Å²) in [6.45, 7) is 5.10. The van der Waals surface area contributed by atoms with Crippen molar-refractivity contribution in [1.29, 1.82) is 0 Å². The minimum Gasteiger partial charge on any atom is -0.471 e. The molecular weight excluding hydrogens is 508 g/mol. The molecule has 13 nitrogen and oxygen atoms in total. The van der Waals surface area contributed by atoms with E-state index in [-0.39, 0.29) is 36.9 Å². The van der Waals surface area contributed by atoms with Crippen molar-refractivity contribution in [3.63, 3.8) is 0 Å². The van der Waals surface area contributed by atoms with Crippen LogP contribution in [0.4, 0.5) is 0 Å². The van der Waals surface area contributed by atoms with E-state index >= 15 is 0 Å². The molecule has 2 saturated heterocycles. The molecule has 0 aliphatic carbocycles. The van der Waals surface area contributed by atoms with Gasteiger partial charge in [0.25, 0.3) is 0 Å². The third kappa shape index (κ3) is 4.67. The SMILES string of the molecule is C=CC1C(OC2OC(CO)C(O)C(OC3OC(C)CC4=C3C(=O)OCC4)C2O)OC=C2C(=O)OCCC21O. The van der Waals surface area contributed by atoms with Crippen LogP contribution in [-0.2, 0) is 42.7 Å². The van der Waals surface area contributed by atoms with Crippen molar-refractivity contribution in [1.82, 2.24) is 0 Å². The van der Waals surface area contributed by atoms with E-state index in [4.69, 9.17) is 33.2 Å². The number of ether oxygens (including phenoxy) is 7. The van der Waals surface area contributed by atoms with Crippen LogP contribution in [0.1, 0.15) is 26.2 Å². The molecule has 0 spiro atoms. The van der Waals surface area contributed by atoms with Crippen LogP contribution < -0.4 is 0 Å². The van der Waals surface area contributed by atoms with E-state index in [9.17, 15) is 30.0 Å². The lowest BCUT2D eigenvalue weighted by molar-refractivity contribution is -0.358. The van der Waals surface area contributed by atoms with Crippen molar-refractivity contribution in [3.8, 4) is 0 Å². The van der Waals surface area contributed by atoms with Gasteiger partial charge in [-0.25, -0.2) is 9.59 Å². The summed E-state index contributed by atoms with van der Waals surface area (Å²) in [7, 11) is 0. The molecule has 5 aliphatic rings. The zero-order valence-electron chi connectivity index (χ0n) is 20.8. The van der Waals surface area contributed by atoms with Gasteiger partial charge in [0.2, 0.25) is 6.29 Å². The van der Waals surface area contributed by atoms with Crippen LogP contribution in [0.3, 0.4) is 0 Å². The summed E-state index contributed by atoms with van der Waals surface area (Å²) in [5, 5.41) is 43.1. The maximum atomic E-state index is 12.5. The zero-order valence-corrected chi connectivity index (χ0v) is 20.8. The number of hydrogen-bond acceptors (Lipinski definition) is 13. The van der Waals surface area contributed by atoms with Gasteiger partial charge >= 0.3 is 11.9 Å². The lowest BCUT2D eigenvalue weighted by Gasteiger charge is -2.47. The van der Waals surface area contributed by atoms with E-state index in [1.165, 1.54) is 6.08 Å². The predicted octanol–water partition coefficient (Wildman–Crippen LogP) is -1.07. The normalized spacial score (nSPS) is 43.2. The van der Waals surface area contributed by atoms with Gasteiger partial charge in [0, 0.05) is 12.8 Å². The third-order valence-electron chi connectivity index (χ3n) is 7.56. The molecule has 5 rings (SSSR count). The first-order valence-corrected chi connectivity index (χ1v) is 12.5. The van der Waals surface area contributed by atoms with Crippen LogP contribution in [0.2, 0.25) is 0 Å². The van der Waals surface area contributed by atoms with E-state index in [1.807, 2.05) is 6.92 Å². The average Bonchev–Trinajstić information content (AvgIpc) is 2.87. The van der Waals surface area contributed by atoms with Gasteiger partial charge in [-0.15, -0.1) is 6.58 Å². The number of aliphatic hydroxyl groups excluding tert-OH is 3. The Morgan fingerprint density at radius 3 is 2.61 bits per heavy atom. The molecule has 0 aromatic rings. The van der Waals surface area contributed by atoms with Crippen molar-refractivity contribution in [3.05, 3.63) is 35.6 Å². The summed E-state index contributed by atoms with van der Waals surface area (Å²) in [6, 6.07) is 0. The monoisotopic (exact) mass is 540 g/mol. The molecule has 38 heavy (non-hydrogen) atoms. The van der Waals surface area contributed by atoms with Crippen molar-refractivity contribution in [2.24, 2.45) is 5.92 Å². The minimum atomic E-state index is -1.69. The summed E-state index contributed by atoms with van der Waals surface area (Å²) in [5.74, 6) is -2.29. The Kier molecular flexibility index (Phi) is 7.64. The van der Waals surface area contributed by atoms with Gasteiger partial charge in [-0.3, -0.25) is 0 Å². The fourth-order valence-corrected chi connectivity index (χ4v) is 5.53. The summed E-state index contributed by atoms with van der Waals surface area (Å²) in [4.78, 5) is 24.6. The molecule has 5 aliphatic heterocycles. The van der Waals surface area contributed by atoms with E-state index in [1.54, 1.807) is 0 Å². The Bertz CT molecular complexity index is 1020. The van der Waals surface area contributed by atoms with Gasteiger partial charge in [0.15, 0.2) is 12.6 Å². The van der Waals surface area contributed by atoms with Crippen LogP contribution in [0.15, 0.2) is 35.6 Å². The highest BCUT2D eigenvalue weighted by Gasteiger charge is 2.55. The lowest BCUT2D eigenvalue weighted by atomic mass is 9.76. The molecule has 0 radical (unpaired) electrons. The Hall–Kier alpha value is -2.36. The number of rotatable bonds is 6. The summed E-state index contributed by atoms with van der Waals surface area (Å²) >= 11 is 0. The summed E-state index contributed by atoms with van der Waals surface area (Å²) in [5.41, 5.74) is -0.777. The van der Waals surface area contributed by atoms with Gasteiger partial charge in [-0.2, -0.15) is 0 Å². The summed E-state index contributed by atoms with van der Waals surface area (Å²) in [6.07, 6.45) is -6.67. The first-order chi connectivity index (χ1) is 18.2. The molecule has 0 bridgehead atoms. The fourth-order valence-electron chi connectivity index (χ4n) is 5.53. The van der Waals surface area contributed by atoms with Gasteiger partial charge < -0.3 is 53.6 Å². The quantitative estimate of drug-likeness (QED) is 0.236. The molecule has 0 amide bonds. The van der Waals surface area contributed by atoms with Gasteiger partial charge in [-0.1, -0.05) is 6.08 Å². The first-order valence-electron chi connectivity index (χ1n) is 12.5. The lowest BCUT2D eigenvalue weighted by Crippen LogP contribution is -2.63. The van der Waals surface area contributed by atoms with E-state index in [0.717, 1.165) is 11.8 Å². The van der Waals surface area contributed by atoms with Crippen LogP contribution in [0.25, 0.3) is 0 Å². The third-order valence-corrected chi connectivity index (χ3v) is 7.56. The van der Waals surface area contributed by atoms with Crippen LogP contribution >= 0.6 is 0 Å². The Morgan fingerprint density at radius 1 is 1.11 bits per heavy atom. The van der Waals surface area contributed by atoms with Crippen molar-refractivity contribution in [2.75, 3.05) is 19.8 Å². The molecule has 210 valence electrons. The van der Waals surface area contributed by atoms with Crippen LogP contribution in [0, 0.1) is 5.92 Å². The molecule has 0 aromatic heterocycles. The molecule has 13 heteroatoms. The Balaban J connectivity index is 1.38. The number of carbonyl (C=O) groups excluding carboxylic acids is 2. The Morgan fingerprint density at radius 2 is 1.87 bits per heavy atom. The van der Waals surface area contributed by atoms with Crippen LogP contribution in [0.5, 0.6) is 0 Å². The number of fused-ring (bicyclic) bond motifs is 1. The van der Waals surface area contributed by atoms with E-state index in [0.29, 0.717) is 12.8 Å². The smallest absolute Gasteiger partial charge is 0.340 e. The largest absolute Gasteiger partial charge is 0.471 e. The Labute approximate surface area is 218 Å². The molecule has 0 aromatic carbocycles. The number of cyclic esters (lactones) is 2. The second-order valence-electron chi connectivity index (χ2n) is 9.94. The van der Waals surface area contributed by atoms with Gasteiger partial charge in [0.1, 0.15) is 35.6 Å². The second kappa shape index (κ2) is 10.7. The summed E-state index contributed by atoms with van der Waals surface area (Å²) < 4.78 is 38.9. The molecule has 5 heterocycles. The first kappa shape index (κ1) is 27.2. The van der Waals surface area contributed by atoms with Crippen LogP contribution in [-0.4, -0.2) is 107 Å². The predicted molar refractivity (Wildman–Crippen MR) is 122 cm³/mol. The maximum Gasteiger partial charge on any atom is 0.340 e. The van der Waals surface area contributed by atoms with Gasteiger partial charge in [0.05, 0.1) is 43.7 Å². The van der Waals surface area contributed by atoms with E-state index < -0.39 is 73.4 Å². The molecule has 4 N–H and O–H groups in total. The topological polar surface area (TPSA) is 180 Å². The zero-order chi connectivity index (χ0) is 27.2. The molecule has 10 atom stereocenters. The average molecular weight is 541 g/mol. The maximum absolute atomic E-state index is 12.5. The molecular formula is C25H32O13. The van der Waals surface area contributed by atoms with Gasteiger partial charge in [-0.05, 0) is 18.9 Å². The number of carbonyl (C=O) groups is 2. The van der Waals surface area contributed by atoms with E-state index in [2.05, 4.69) is 6.58 Å². The molecule has 0 saturated carbocycles. The molecule has 10 unspecified atom stereocenters. The molecule has 2 fully saturated rings. The standard InChI is InChI=1S/C25H32O13/c1-3-13-22(34-10-14-20(29)33-7-5-25(13,14)31)38-24-18(28)19(17(27)15(9-26)36-24)37-23-16-12(8-11(2)35-23)4-6-32-21(16)30/h3,10-11,13,15,17-19,22-24,26-28,31H,1,4-9H2,2H3. The van der Waals surface area contributed by atoms with Crippen molar-refractivity contribution in [2.45, 2.75) is 81.2 Å². The number of aliphatic hydroxyl groups is 4. The highest BCUT2D eigenvalue weighted by Crippen LogP contribution is 2.42. The van der Waals surface area contributed by atoms with Crippen molar-refractivity contribution < 1.29 is 63.2 Å². The number of esters is 2. The highest BCUT2D eigenvalue weighted by molar-refractivity contribution is 5.92. The fraction of sp³-hybridized carbons (Fsp3) is 0.680.